The molecular formula is C11H15N3O4S. The van der Waals surface area contributed by atoms with E-state index in [1.807, 2.05) is 0 Å². The van der Waals surface area contributed by atoms with Crippen LogP contribution in [0, 0.1) is 0 Å². The lowest BCUT2D eigenvalue weighted by Gasteiger charge is -2.06. The second-order valence-corrected chi connectivity index (χ2v) is 5.30. The van der Waals surface area contributed by atoms with Crippen molar-refractivity contribution < 1.29 is 18.9 Å². The van der Waals surface area contributed by atoms with Gasteiger partial charge in [0.1, 0.15) is 5.69 Å². The SMILES string of the molecule is CS(=O)CCNC(=O)NCc1ccc(C(=O)O)nc1. The quantitative estimate of drug-likeness (QED) is 0.679. The maximum Gasteiger partial charge on any atom is 0.354 e. The van der Waals surface area contributed by atoms with E-state index in [1.165, 1.54) is 12.3 Å². The van der Waals surface area contributed by atoms with Gasteiger partial charge < -0.3 is 15.7 Å². The van der Waals surface area contributed by atoms with Gasteiger partial charge in [-0.1, -0.05) is 6.07 Å². The first-order chi connectivity index (χ1) is 8.99. The van der Waals surface area contributed by atoms with E-state index >= 15 is 0 Å². The lowest BCUT2D eigenvalue weighted by Crippen LogP contribution is -2.37. The Morgan fingerprint density at radius 2 is 2.11 bits per heavy atom. The first-order valence-corrected chi connectivity index (χ1v) is 7.21. The van der Waals surface area contributed by atoms with Crippen LogP contribution in [0.2, 0.25) is 0 Å². The molecule has 104 valence electrons. The average Bonchev–Trinajstić information content (AvgIpc) is 2.36. The van der Waals surface area contributed by atoms with Gasteiger partial charge in [0.05, 0.1) is 0 Å². The fourth-order valence-corrected chi connectivity index (χ4v) is 1.60. The molecule has 0 aliphatic rings. The van der Waals surface area contributed by atoms with Crippen LogP contribution < -0.4 is 10.6 Å². The lowest BCUT2D eigenvalue weighted by atomic mass is 10.2. The van der Waals surface area contributed by atoms with Gasteiger partial charge in [0, 0.05) is 42.1 Å². The topological polar surface area (TPSA) is 108 Å². The maximum absolute atomic E-state index is 11.3. The Balaban J connectivity index is 2.33. The second kappa shape index (κ2) is 7.47. The standard InChI is InChI=1S/C11H15N3O4S/c1-19(18)5-4-12-11(17)14-7-8-2-3-9(10(15)16)13-6-8/h2-3,6H,4-5,7H2,1H3,(H,15,16)(H2,12,14,17). The highest BCUT2D eigenvalue weighted by atomic mass is 32.2. The van der Waals surface area contributed by atoms with Crippen LogP contribution in [0.3, 0.4) is 0 Å². The van der Waals surface area contributed by atoms with Crippen molar-refractivity contribution in [3.63, 3.8) is 0 Å². The van der Waals surface area contributed by atoms with Crippen LogP contribution in [0.5, 0.6) is 0 Å². The number of carbonyl (C=O) groups is 2. The van der Waals surface area contributed by atoms with Crippen molar-refractivity contribution in [3.05, 3.63) is 29.6 Å². The molecule has 1 rings (SSSR count). The molecule has 0 aliphatic heterocycles. The molecular weight excluding hydrogens is 270 g/mol. The Morgan fingerprint density at radius 1 is 1.37 bits per heavy atom. The summed E-state index contributed by atoms with van der Waals surface area (Å²) in [6.45, 7) is 0.582. The van der Waals surface area contributed by atoms with Gasteiger partial charge >= 0.3 is 12.0 Å². The molecule has 19 heavy (non-hydrogen) atoms. The molecule has 3 N–H and O–H groups in total. The van der Waals surface area contributed by atoms with Gasteiger partial charge in [0.2, 0.25) is 0 Å². The Hall–Kier alpha value is -1.96. The van der Waals surface area contributed by atoms with E-state index < -0.39 is 16.8 Å². The highest BCUT2D eigenvalue weighted by Crippen LogP contribution is 1.99. The average molecular weight is 285 g/mol. The van der Waals surface area contributed by atoms with Crippen LogP contribution in [-0.2, 0) is 17.3 Å². The van der Waals surface area contributed by atoms with E-state index in [0.29, 0.717) is 17.9 Å². The number of carboxylic acids is 1. The monoisotopic (exact) mass is 285 g/mol. The molecule has 1 aromatic heterocycles. The fraction of sp³-hybridized carbons (Fsp3) is 0.364. The molecule has 0 aliphatic carbocycles. The van der Waals surface area contributed by atoms with Gasteiger partial charge in [-0.25, -0.2) is 14.6 Å². The van der Waals surface area contributed by atoms with Crippen LogP contribution >= 0.6 is 0 Å². The Bertz CT molecular complexity index is 475. The van der Waals surface area contributed by atoms with E-state index in [9.17, 15) is 13.8 Å². The first-order valence-electron chi connectivity index (χ1n) is 5.49. The summed E-state index contributed by atoms with van der Waals surface area (Å²) in [6, 6.07) is 2.59. The van der Waals surface area contributed by atoms with Crippen LogP contribution in [0.1, 0.15) is 16.1 Å². The van der Waals surface area contributed by atoms with Crippen molar-refractivity contribution >= 4 is 22.8 Å². The lowest BCUT2D eigenvalue weighted by molar-refractivity contribution is 0.0690. The van der Waals surface area contributed by atoms with Crippen molar-refractivity contribution in [2.45, 2.75) is 6.54 Å². The number of hydrogen-bond acceptors (Lipinski definition) is 4. The minimum absolute atomic E-state index is 0.0429. The summed E-state index contributed by atoms with van der Waals surface area (Å²) < 4.78 is 10.8. The molecule has 0 bridgehead atoms. The first kappa shape index (κ1) is 15.1. The number of amides is 2. The number of urea groups is 1. The summed E-state index contributed by atoms with van der Waals surface area (Å²) in [5.74, 6) is -0.688. The van der Waals surface area contributed by atoms with Crippen molar-refractivity contribution in [3.8, 4) is 0 Å². The largest absolute Gasteiger partial charge is 0.477 e. The smallest absolute Gasteiger partial charge is 0.354 e. The van der Waals surface area contributed by atoms with Gasteiger partial charge in [-0.05, 0) is 11.6 Å². The third-order valence-corrected chi connectivity index (χ3v) is 2.95. The normalized spacial score (nSPS) is 11.6. The van der Waals surface area contributed by atoms with Crippen molar-refractivity contribution in [1.29, 1.82) is 0 Å². The van der Waals surface area contributed by atoms with Crippen molar-refractivity contribution in [2.24, 2.45) is 0 Å². The number of rotatable bonds is 6. The number of nitrogens with zero attached hydrogens (tertiary/aromatic N) is 1. The number of aromatic carboxylic acids is 1. The molecule has 1 aromatic rings. The maximum atomic E-state index is 11.3. The molecule has 0 radical (unpaired) electrons. The molecule has 0 spiro atoms. The predicted octanol–water partition coefficient (Wildman–Crippen LogP) is -0.0425. The van der Waals surface area contributed by atoms with Gasteiger partial charge in [-0.3, -0.25) is 4.21 Å². The number of aromatic nitrogens is 1. The molecule has 1 heterocycles. The van der Waals surface area contributed by atoms with Gasteiger partial charge in [-0.15, -0.1) is 0 Å². The van der Waals surface area contributed by atoms with E-state index in [1.54, 1.807) is 12.3 Å². The Morgan fingerprint density at radius 3 is 2.63 bits per heavy atom. The number of pyridine rings is 1. The minimum atomic E-state index is -1.09. The summed E-state index contributed by atoms with van der Waals surface area (Å²) in [6.07, 6.45) is 2.96. The predicted molar refractivity (Wildman–Crippen MR) is 70.4 cm³/mol. The molecule has 1 unspecified atom stereocenters. The molecule has 1 atom stereocenters. The van der Waals surface area contributed by atoms with Gasteiger partial charge in [-0.2, -0.15) is 0 Å². The summed E-state index contributed by atoms with van der Waals surface area (Å²) in [5.41, 5.74) is 0.651. The summed E-state index contributed by atoms with van der Waals surface area (Å²) >= 11 is 0. The Labute approximate surface area is 112 Å². The molecule has 8 heteroatoms. The van der Waals surface area contributed by atoms with E-state index in [0.717, 1.165) is 0 Å². The molecule has 0 saturated heterocycles. The summed E-state index contributed by atoms with van der Waals surface area (Å²) in [5, 5.41) is 13.8. The number of carbonyl (C=O) groups excluding carboxylic acids is 1. The minimum Gasteiger partial charge on any atom is -0.477 e. The van der Waals surface area contributed by atoms with E-state index in [4.69, 9.17) is 5.11 Å². The highest BCUT2D eigenvalue weighted by Gasteiger charge is 2.04. The molecule has 2 amide bonds. The van der Waals surface area contributed by atoms with E-state index in [-0.39, 0.29) is 18.3 Å². The van der Waals surface area contributed by atoms with Crippen molar-refractivity contribution in [2.75, 3.05) is 18.6 Å². The summed E-state index contributed by atoms with van der Waals surface area (Å²) in [7, 11) is -0.937. The molecule has 0 saturated carbocycles. The molecule has 7 nitrogen and oxygen atoms in total. The number of hydrogen-bond donors (Lipinski definition) is 3. The third-order valence-electron chi connectivity index (χ3n) is 2.17. The second-order valence-electron chi connectivity index (χ2n) is 3.74. The van der Waals surface area contributed by atoms with Crippen LogP contribution in [0.25, 0.3) is 0 Å². The number of carboxylic acid groups (broad SMARTS) is 1. The van der Waals surface area contributed by atoms with Crippen LogP contribution in [-0.4, -0.2) is 44.9 Å². The van der Waals surface area contributed by atoms with Gasteiger partial charge in [0.25, 0.3) is 0 Å². The third kappa shape index (κ3) is 5.96. The van der Waals surface area contributed by atoms with Crippen molar-refractivity contribution in [1.82, 2.24) is 15.6 Å². The van der Waals surface area contributed by atoms with Gasteiger partial charge in [0.15, 0.2) is 0 Å². The zero-order chi connectivity index (χ0) is 14.3. The zero-order valence-corrected chi connectivity index (χ0v) is 11.2. The van der Waals surface area contributed by atoms with E-state index in [2.05, 4.69) is 15.6 Å². The number of nitrogens with one attached hydrogen (secondary N) is 2. The Kier molecular flexibility index (Phi) is 5.94. The van der Waals surface area contributed by atoms with Crippen LogP contribution in [0.4, 0.5) is 4.79 Å². The molecule has 0 fully saturated rings. The molecule has 0 aromatic carbocycles. The fourth-order valence-electron chi connectivity index (χ4n) is 1.21. The highest BCUT2D eigenvalue weighted by molar-refractivity contribution is 7.84. The van der Waals surface area contributed by atoms with Crippen LogP contribution in [0.15, 0.2) is 18.3 Å². The zero-order valence-electron chi connectivity index (χ0n) is 10.4. The summed E-state index contributed by atoms with van der Waals surface area (Å²) in [4.78, 5) is 25.7.